The van der Waals surface area contributed by atoms with Crippen molar-refractivity contribution in [3.63, 3.8) is 0 Å². The van der Waals surface area contributed by atoms with Gasteiger partial charge >= 0.3 is 5.97 Å². The van der Waals surface area contributed by atoms with Crippen molar-refractivity contribution in [2.24, 2.45) is 0 Å². The smallest absolute Gasteiger partial charge is 0.341 e. The highest BCUT2D eigenvalue weighted by Crippen LogP contribution is 2.29. The van der Waals surface area contributed by atoms with E-state index < -0.39 is 21.7 Å². The molecule has 2 aromatic heterocycles. The minimum atomic E-state index is -3.52. The number of amides is 1. The number of benzene rings is 1. The molecule has 0 fully saturated rings. The van der Waals surface area contributed by atoms with E-state index in [-0.39, 0.29) is 27.7 Å². The highest BCUT2D eigenvalue weighted by atomic mass is 32.2. The van der Waals surface area contributed by atoms with E-state index in [4.69, 9.17) is 4.74 Å². The summed E-state index contributed by atoms with van der Waals surface area (Å²) in [5.74, 6) is -0.526. The zero-order valence-corrected chi connectivity index (χ0v) is 18.4. The van der Waals surface area contributed by atoms with Crippen LogP contribution in [0.3, 0.4) is 0 Å². The molecule has 0 radical (unpaired) electrons. The summed E-state index contributed by atoms with van der Waals surface area (Å²) in [7, 11) is -0.793. The molecule has 3 N–H and O–H groups in total. The average Bonchev–Trinajstić information content (AvgIpc) is 2.78. The van der Waals surface area contributed by atoms with Crippen LogP contribution in [0.4, 0.5) is 23.0 Å². The van der Waals surface area contributed by atoms with Gasteiger partial charge in [-0.15, -0.1) is 0 Å². The Balaban J connectivity index is 2.05. The predicted molar refractivity (Wildman–Crippen MR) is 119 cm³/mol. The Kier molecular flexibility index (Phi) is 6.69. The number of pyridine rings is 2. The first kappa shape index (κ1) is 22.7. The van der Waals surface area contributed by atoms with Gasteiger partial charge in [0.15, 0.2) is 9.84 Å². The molecule has 0 aliphatic carbocycles. The first-order chi connectivity index (χ1) is 15.2. The lowest BCUT2D eigenvalue weighted by Crippen LogP contribution is -2.20. The largest absolute Gasteiger partial charge is 0.465 e. The number of methoxy groups -OCH3 is 1. The first-order valence-corrected chi connectivity index (χ1v) is 11.2. The number of hydrogen-bond donors (Lipinski definition) is 3. The molecule has 32 heavy (non-hydrogen) atoms. The van der Waals surface area contributed by atoms with Crippen LogP contribution in [0, 0.1) is 0 Å². The maximum absolute atomic E-state index is 12.4. The Hall–Kier alpha value is -3.99. The number of rotatable bonds is 7. The van der Waals surface area contributed by atoms with Crippen LogP contribution in [0.15, 0.2) is 59.8 Å². The molecule has 0 saturated carbocycles. The van der Waals surface area contributed by atoms with Crippen LogP contribution < -0.4 is 16.0 Å². The summed E-state index contributed by atoms with van der Waals surface area (Å²) in [6.45, 7) is 0. The molecule has 3 aromatic rings. The molecule has 166 valence electrons. The van der Waals surface area contributed by atoms with Gasteiger partial charge in [0.25, 0.3) is 5.91 Å². The number of para-hydroxylation sites is 1. The molecule has 0 bridgehead atoms. The van der Waals surface area contributed by atoms with Crippen molar-refractivity contribution in [2.75, 3.05) is 31.0 Å². The third kappa shape index (κ3) is 5.01. The van der Waals surface area contributed by atoms with Crippen LogP contribution in [0.2, 0.25) is 0 Å². The summed E-state index contributed by atoms with van der Waals surface area (Å²) in [5, 5.41) is 8.46. The number of nitrogens with zero attached hydrogens (tertiary/aromatic N) is 2. The van der Waals surface area contributed by atoms with E-state index in [0.717, 1.165) is 6.26 Å². The van der Waals surface area contributed by atoms with Gasteiger partial charge in [-0.05, 0) is 24.3 Å². The van der Waals surface area contributed by atoms with E-state index in [2.05, 4.69) is 25.9 Å². The van der Waals surface area contributed by atoms with Crippen molar-refractivity contribution < 1.29 is 22.7 Å². The normalized spacial score (nSPS) is 10.8. The summed E-state index contributed by atoms with van der Waals surface area (Å²) in [4.78, 5) is 32.8. The third-order valence-corrected chi connectivity index (χ3v) is 5.55. The van der Waals surface area contributed by atoms with Crippen LogP contribution in [0.5, 0.6) is 0 Å². The maximum Gasteiger partial charge on any atom is 0.341 e. The molecule has 2 heterocycles. The van der Waals surface area contributed by atoms with Crippen molar-refractivity contribution in [3.05, 3.63) is 66.0 Å². The summed E-state index contributed by atoms with van der Waals surface area (Å²) < 4.78 is 29.1. The number of esters is 1. The Morgan fingerprint density at radius 3 is 2.41 bits per heavy atom. The number of carbonyl (C=O) groups is 2. The quantitative estimate of drug-likeness (QED) is 0.458. The van der Waals surface area contributed by atoms with Gasteiger partial charge in [-0.25, -0.2) is 23.2 Å². The fraction of sp³-hybridized carbons (Fsp3) is 0.143. The molecule has 1 amide bonds. The lowest BCUT2D eigenvalue weighted by molar-refractivity contribution is 0.0601. The zero-order chi connectivity index (χ0) is 23.3. The zero-order valence-electron chi connectivity index (χ0n) is 17.5. The van der Waals surface area contributed by atoms with E-state index in [1.165, 1.54) is 38.7 Å². The summed E-state index contributed by atoms with van der Waals surface area (Å²) in [5.41, 5.74) is 0.985. The van der Waals surface area contributed by atoms with Crippen LogP contribution in [0.25, 0.3) is 0 Å². The summed E-state index contributed by atoms with van der Waals surface area (Å²) >= 11 is 0. The Morgan fingerprint density at radius 1 is 0.969 bits per heavy atom. The molecule has 0 unspecified atom stereocenters. The first-order valence-electron chi connectivity index (χ1n) is 9.33. The van der Waals surface area contributed by atoms with Gasteiger partial charge in [0.2, 0.25) is 0 Å². The summed E-state index contributed by atoms with van der Waals surface area (Å²) in [6.07, 6.45) is 3.92. The number of aromatic nitrogens is 2. The fourth-order valence-corrected chi connectivity index (χ4v) is 3.73. The molecule has 0 aliphatic rings. The third-order valence-electron chi connectivity index (χ3n) is 4.39. The molecule has 0 atom stereocenters. The van der Waals surface area contributed by atoms with Gasteiger partial charge in [-0.2, -0.15) is 0 Å². The van der Waals surface area contributed by atoms with E-state index in [1.807, 2.05) is 0 Å². The van der Waals surface area contributed by atoms with Crippen LogP contribution in [0.1, 0.15) is 20.7 Å². The van der Waals surface area contributed by atoms with E-state index in [1.54, 1.807) is 30.3 Å². The van der Waals surface area contributed by atoms with E-state index in [9.17, 15) is 18.0 Å². The van der Waals surface area contributed by atoms with Gasteiger partial charge in [0.1, 0.15) is 17.2 Å². The van der Waals surface area contributed by atoms with Gasteiger partial charge in [-0.1, -0.05) is 12.1 Å². The van der Waals surface area contributed by atoms with Crippen molar-refractivity contribution in [3.8, 4) is 0 Å². The molecular weight excluding hydrogens is 434 g/mol. The van der Waals surface area contributed by atoms with Crippen molar-refractivity contribution in [2.45, 2.75) is 4.90 Å². The van der Waals surface area contributed by atoms with Crippen molar-refractivity contribution in [1.29, 1.82) is 0 Å². The second kappa shape index (κ2) is 9.43. The SMILES string of the molecule is CNC(=O)c1cnc(Nc2ncccc2C(=O)OC)cc1Nc1ccccc1S(C)(=O)=O. The predicted octanol–water partition coefficient (Wildman–Crippen LogP) is 2.51. The molecule has 3 rings (SSSR count). The molecule has 11 heteroatoms. The molecule has 0 spiro atoms. The topological polar surface area (TPSA) is 139 Å². The molecule has 1 aromatic carbocycles. The minimum absolute atomic E-state index is 0.0758. The molecule has 0 aliphatic heterocycles. The number of anilines is 4. The van der Waals surface area contributed by atoms with Crippen LogP contribution in [-0.4, -0.2) is 50.7 Å². The lowest BCUT2D eigenvalue weighted by atomic mass is 10.2. The molecule has 0 saturated heterocycles. The lowest BCUT2D eigenvalue weighted by Gasteiger charge is -2.16. The number of nitrogens with one attached hydrogen (secondary N) is 3. The van der Waals surface area contributed by atoms with Gasteiger partial charge in [0.05, 0.1) is 28.9 Å². The van der Waals surface area contributed by atoms with Crippen molar-refractivity contribution >= 4 is 44.7 Å². The molecular formula is C21H21N5O5S. The second-order valence-electron chi connectivity index (χ2n) is 6.60. The van der Waals surface area contributed by atoms with E-state index in [0.29, 0.717) is 11.4 Å². The Labute approximate surface area is 185 Å². The van der Waals surface area contributed by atoms with Gasteiger partial charge < -0.3 is 20.7 Å². The standard InChI is InChI=1S/C21H21N5O5S/c1-22-20(27)14-12-24-18(26-19-13(21(28)31-2)7-6-10-23-19)11-16(14)25-15-8-4-5-9-17(15)32(3,29)30/h4-12H,1-3H3,(H,22,27)(H2,23,24,25,26). The van der Waals surface area contributed by atoms with Gasteiger partial charge in [0, 0.05) is 31.8 Å². The van der Waals surface area contributed by atoms with E-state index >= 15 is 0 Å². The fourth-order valence-electron chi connectivity index (χ4n) is 2.88. The number of carbonyl (C=O) groups excluding carboxylic acids is 2. The number of hydrogen-bond acceptors (Lipinski definition) is 9. The number of ether oxygens (including phenoxy) is 1. The van der Waals surface area contributed by atoms with Crippen LogP contribution in [-0.2, 0) is 14.6 Å². The summed E-state index contributed by atoms with van der Waals surface area (Å²) in [6, 6.07) is 11.0. The Bertz CT molecular complexity index is 1280. The van der Waals surface area contributed by atoms with Gasteiger partial charge in [-0.3, -0.25) is 4.79 Å². The monoisotopic (exact) mass is 455 g/mol. The Morgan fingerprint density at radius 2 is 1.72 bits per heavy atom. The minimum Gasteiger partial charge on any atom is -0.465 e. The van der Waals surface area contributed by atoms with Crippen LogP contribution >= 0.6 is 0 Å². The average molecular weight is 455 g/mol. The molecule has 10 nitrogen and oxygen atoms in total. The highest BCUT2D eigenvalue weighted by Gasteiger charge is 2.18. The van der Waals surface area contributed by atoms with Crippen molar-refractivity contribution in [1.82, 2.24) is 15.3 Å². The maximum atomic E-state index is 12.4. The number of sulfone groups is 1. The highest BCUT2D eigenvalue weighted by molar-refractivity contribution is 7.90. The second-order valence-corrected chi connectivity index (χ2v) is 8.59.